The fraction of sp³-hybridized carbons (Fsp3) is 0.412. The molecule has 1 amide bonds. The standard InChI is InChI=1S/C17H23N3O2/c1-12-10-16(21)19-15-11-13(6-7-14(12)15)17(22)20(3)9-5-4-8-18-2/h6-7,10-11,18H,4-5,8-9H2,1-3H3,(H,19,21). The average molecular weight is 301 g/mol. The molecule has 0 aliphatic rings. The van der Waals surface area contributed by atoms with Crippen molar-refractivity contribution in [3.63, 3.8) is 0 Å². The number of fused-ring (bicyclic) bond motifs is 1. The third kappa shape index (κ3) is 3.74. The van der Waals surface area contributed by atoms with Crippen LogP contribution in [-0.2, 0) is 0 Å². The number of carbonyl (C=O) groups is 1. The first kappa shape index (κ1) is 16.2. The molecule has 0 aliphatic heterocycles. The Morgan fingerprint density at radius 3 is 2.77 bits per heavy atom. The summed E-state index contributed by atoms with van der Waals surface area (Å²) < 4.78 is 0. The Labute approximate surface area is 130 Å². The number of pyridine rings is 1. The lowest BCUT2D eigenvalue weighted by molar-refractivity contribution is 0.0793. The average Bonchev–Trinajstić information content (AvgIpc) is 2.49. The lowest BCUT2D eigenvalue weighted by Crippen LogP contribution is -2.28. The second-order valence-electron chi connectivity index (χ2n) is 5.61. The SMILES string of the molecule is CNCCCCN(C)C(=O)c1ccc2c(C)cc(=O)[nH]c2c1. The van der Waals surface area contributed by atoms with Crippen molar-refractivity contribution < 1.29 is 4.79 Å². The molecule has 1 aromatic heterocycles. The van der Waals surface area contributed by atoms with Crippen LogP contribution in [0.15, 0.2) is 29.1 Å². The molecule has 5 heteroatoms. The van der Waals surface area contributed by atoms with E-state index in [2.05, 4.69) is 10.3 Å². The zero-order valence-electron chi connectivity index (χ0n) is 13.4. The number of nitrogens with one attached hydrogen (secondary N) is 2. The lowest BCUT2D eigenvalue weighted by Gasteiger charge is -2.17. The van der Waals surface area contributed by atoms with Gasteiger partial charge in [0.15, 0.2) is 0 Å². The summed E-state index contributed by atoms with van der Waals surface area (Å²) in [4.78, 5) is 28.5. The maximum absolute atomic E-state index is 12.4. The van der Waals surface area contributed by atoms with Crippen LogP contribution in [0.5, 0.6) is 0 Å². The van der Waals surface area contributed by atoms with E-state index in [1.807, 2.05) is 33.2 Å². The van der Waals surface area contributed by atoms with Gasteiger partial charge in [-0.15, -0.1) is 0 Å². The van der Waals surface area contributed by atoms with Gasteiger partial charge in [0.1, 0.15) is 0 Å². The maximum Gasteiger partial charge on any atom is 0.253 e. The summed E-state index contributed by atoms with van der Waals surface area (Å²) in [6.45, 7) is 3.58. The van der Waals surface area contributed by atoms with Gasteiger partial charge in [-0.3, -0.25) is 9.59 Å². The van der Waals surface area contributed by atoms with Crippen LogP contribution in [-0.4, -0.2) is 43.0 Å². The smallest absolute Gasteiger partial charge is 0.253 e. The van der Waals surface area contributed by atoms with Crippen molar-refractivity contribution in [3.05, 3.63) is 45.7 Å². The molecule has 5 nitrogen and oxygen atoms in total. The van der Waals surface area contributed by atoms with Crippen LogP contribution in [0, 0.1) is 6.92 Å². The van der Waals surface area contributed by atoms with Gasteiger partial charge in [-0.25, -0.2) is 0 Å². The Hall–Kier alpha value is -2.14. The number of H-pyrrole nitrogens is 1. The van der Waals surface area contributed by atoms with Crippen molar-refractivity contribution in [1.29, 1.82) is 0 Å². The highest BCUT2D eigenvalue weighted by atomic mass is 16.2. The third-order valence-electron chi connectivity index (χ3n) is 3.81. The number of aromatic nitrogens is 1. The minimum absolute atomic E-state index is 0.0197. The van der Waals surface area contributed by atoms with E-state index in [4.69, 9.17) is 0 Å². The van der Waals surface area contributed by atoms with Crippen LogP contribution in [0.1, 0.15) is 28.8 Å². The molecule has 2 aromatic rings. The van der Waals surface area contributed by atoms with E-state index in [1.54, 1.807) is 17.0 Å². The van der Waals surface area contributed by atoms with Crippen LogP contribution in [0.25, 0.3) is 10.9 Å². The highest BCUT2D eigenvalue weighted by Crippen LogP contribution is 2.17. The normalized spacial score (nSPS) is 10.9. The summed E-state index contributed by atoms with van der Waals surface area (Å²) in [5.74, 6) is -0.0197. The van der Waals surface area contributed by atoms with Crippen molar-refractivity contribution in [1.82, 2.24) is 15.2 Å². The first-order chi connectivity index (χ1) is 10.5. The summed E-state index contributed by atoms with van der Waals surface area (Å²) in [6, 6.07) is 7.04. The minimum atomic E-state index is -0.144. The number of aromatic amines is 1. The number of carbonyl (C=O) groups excluding carboxylic acids is 1. The Bertz CT molecular complexity index is 721. The molecule has 0 bridgehead atoms. The van der Waals surface area contributed by atoms with E-state index < -0.39 is 0 Å². The second-order valence-corrected chi connectivity index (χ2v) is 5.61. The van der Waals surface area contributed by atoms with Gasteiger partial charge < -0.3 is 15.2 Å². The van der Waals surface area contributed by atoms with Gasteiger partial charge in [0.25, 0.3) is 5.91 Å². The number of hydrogen-bond acceptors (Lipinski definition) is 3. The molecular formula is C17H23N3O2. The largest absolute Gasteiger partial charge is 0.342 e. The van der Waals surface area contributed by atoms with Gasteiger partial charge in [0.2, 0.25) is 5.56 Å². The van der Waals surface area contributed by atoms with Crippen LogP contribution in [0.4, 0.5) is 0 Å². The van der Waals surface area contributed by atoms with Gasteiger partial charge in [0.05, 0.1) is 0 Å². The number of amides is 1. The lowest BCUT2D eigenvalue weighted by atomic mass is 10.1. The number of unbranched alkanes of at least 4 members (excludes halogenated alkanes) is 1. The molecule has 1 heterocycles. The summed E-state index contributed by atoms with van der Waals surface area (Å²) in [5, 5.41) is 4.06. The van der Waals surface area contributed by atoms with E-state index in [1.165, 1.54) is 0 Å². The van der Waals surface area contributed by atoms with Crippen LogP contribution < -0.4 is 10.9 Å². The van der Waals surface area contributed by atoms with Crippen LogP contribution >= 0.6 is 0 Å². The third-order valence-corrected chi connectivity index (χ3v) is 3.81. The number of aryl methyl sites for hydroxylation is 1. The fourth-order valence-electron chi connectivity index (χ4n) is 2.54. The van der Waals surface area contributed by atoms with E-state index in [-0.39, 0.29) is 11.5 Å². The summed E-state index contributed by atoms with van der Waals surface area (Å²) in [6.07, 6.45) is 2.00. The molecule has 1 aromatic carbocycles. The van der Waals surface area contributed by atoms with Crippen LogP contribution in [0.3, 0.4) is 0 Å². The molecule has 0 fully saturated rings. The zero-order valence-corrected chi connectivity index (χ0v) is 13.4. The van der Waals surface area contributed by atoms with Crippen molar-refractivity contribution in [3.8, 4) is 0 Å². The van der Waals surface area contributed by atoms with Gasteiger partial charge in [-0.05, 0) is 51.1 Å². The summed E-state index contributed by atoms with van der Waals surface area (Å²) in [5.41, 5.74) is 2.08. The summed E-state index contributed by atoms with van der Waals surface area (Å²) >= 11 is 0. The zero-order chi connectivity index (χ0) is 16.1. The van der Waals surface area contributed by atoms with Gasteiger partial charge in [-0.2, -0.15) is 0 Å². The molecule has 2 N–H and O–H groups in total. The topological polar surface area (TPSA) is 65.2 Å². The van der Waals surface area contributed by atoms with E-state index in [0.717, 1.165) is 36.9 Å². The quantitative estimate of drug-likeness (QED) is 0.801. The van der Waals surface area contributed by atoms with Crippen molar-refractivity contribution >= 4 is 16.8 Å². The van der Waals surface area contributed by atoms with Crippen molar-refractivity contribution in [2.45, 2.75) is 19.8 Å². The van der Waals surface area contributed by atoms with Crippen molar-refractivity contribution in [2.24, 2.45) is 0 Å². The second kappa shape index (κ2) is 7.22. The van der Waals surface area contributed by atoms with Crippen LogP contribution in [0.2, 0.25) is 0 Å². The van der Waals surface area contributed by atoms with Gasteiger partial charge in [0, 0.05) is 36.1 Å². The fourth-order valence-corrected chi connectivity index (χ4v) is 2.54. The molecule has 0 unspecified atom stereocenters. The molecular weight excluding hydrogens is 278 g/mol. The Kier molecular flexibility index (Phi) is 5.33. The van der Waals surface area contributed by atoms with Gasteiger partial charge in [-0.1, -0.05) is 6.07 Å². The number of nitrogens with zero attached hydrogens (tertiary/aromatic N) is 1. The highest BCUT2D eigenvalue weighted by Gasteiger charge is 2.12. The Morgan fingerprint density at radius 2 is 2.05 bits per heavy atom. The number of hydrogen-bond donors (Lipinski definition) is 2. The molecule has 0 saturated heterocycles. The first-order valence-corrected chi connectivity index (χ1v) is 7.56. The molecule has 0 saturated carbocycles. The van der Waals surface area contributed by atoms with E-state index in [0.29, 0.717) is 11.1 Å². The van der Waals surface area contributed by atoms with E-state index >= 15 is 0 Å². The monoisotopic (exact) mass is 301 g/mol. The highest BCUT2D eigenvalue weighted by molar-refractivity contribution is 5.98. The molecule has 0 spiro atoms. The van der Waals surface area contributed by atoms with E-state index in [9.17, 15) is 9.59 Å². The molecule has 22 heavy (non-hydrogen) atoms. The first-order valence-electron chi connectivity index (χ1n) is 7.56. The predicted molar refractivity (Wildman–Crippen MR) is 89.4 cm³/mol. The molecule has 0 aliphatic carbocycles. The molecule has 0 radical (unpaired) electrons. The maximum atomic E-state index is 12.4. The number of benzene rings is 1. The molecule has 118 valence electrons. The van der Waals surface area contributed by atoms with Crippen molar-refractivity contribution in [2.75, 3.05) is 27.2 Å². The van der Waals surface area contributed by atoms with Gasteiger partial charge >= 0.3 is 0 Å². The minimum Gasteiger partial charge on any atom is -0.342 e. The molecule has 0 atom stereocenters. The Morgan fingerprint density at radius 1 is 1.27 bits per heavy atom. The predicted octanol–water partition coefficient (Wildman–Crippen LogP) is 1.91. The Balaban J connectivity index is 2.16. The molecule has 2 rings (SSSR count). The number of rotatable bonds is 6. The summed E-state index contributed by atoms with van der Waals surface area (Å²) in [7, 11) is 3.73.